The van der Waals surface area contributed by atoms with Crippen LogP contribution in [0.3, 0.4) is 0 Å². The Kier molecular flexibility index (Phi) is 46.9. The van der Waals surface area contributed by atoms with Gasteiger partial charge < -0.3 is 25.7 Å². The third-order valence-electron chi connectivity index (χ3n) is 12.4. The van der Waals surface area contributed by atoms with Gasteiger partial charge in [-0.15, -0.1) is 0 Å². The minimum absolute atomic E-state index is 0.363. The topological polar surface area (TPSA) is 110 Å². The zero-order chi connectivity index (χ0) is 43.1. The number of unbranched alkanes of at least 4 members (excludes halogenated alkanes) is 35. The predicted molar refractivity (Wildman–Crippen MR) is 256 cm³/mol. The van der Waals surface area contributed by atoms with E-state index >= 15 is 0 Å². The third-order valence-corrected chi connectivity index (χ3v) is 12.4. The van der Waals surface area contributed by atoms with Gasteiger partial charge >= 0.3 is 0 Å². The lowest BCUT2D eigenvalue weighted by Crippen LogP contribution is -2.53. The van der Waals surface area contributed by atoms with Crippen molar-refractivity contribution in [2.24, 2.45) is 0 Å². The second kappa shape index (κ2) is 47.8. The number of aliphatic hydroxyl groups is 4. The van der Waals surface area contributed by atoms with Crippen molar-refractivity contribution in [3.8, 4) is 0 Å². The van der Waals surface area contributed by atoms with E-state index in [0.717, 1.165) is 38.5 Å². The summed E-state index contributed by atoms with van der Waals surface area (Å²) >= 11 is 0. The lowest BCUT2D eigenvalue weighted by atomic mass is 10.00. The van der Waals surface area contributed by atoms with Gasteiger partial charge in [0.2, 0.25) is 5.91 Å². The van der Waals surface area contributed by atoms with E-state index in [-0.39, 0.29) is 0 Å². The molecule has 350 valence electrons. The van der Waals surface area contributed by atoms with Crippen molar-refractivity contribution in [2.45, 2.75) is 301 Å². The number of rotatable bonds is 48. The first-order valence-electron chi connectivity index (χ1n) is 26.2. The van der Waals surface area contributed by atoms with Crippen molar-refractivity contribution in [2.75, 3.05) is 6.61 Å². The molecule has 0 rings (SSSR count). The minimum Gasteiger partial charge on any atom is -0.394 e. The molecule has 0 radical (unpaired) electrons. The normalized spacial score (nSPS) is 14.1. The zero-order valence-corrected chi connectivity index (χ0v) is 39.5. The highest BCUT2D eigenvalue weighted by Crippen LogP contribution is 2.17. The van der Waals surface area contributed by atoms with Gasteiger partial charge in [-0.05, 0) is 64.2 Å². The number of hydrogen-bond donors (Lipinski definition) is 5. The molecule has 59 heavy (non-hydrogen) atoms. The first-order chi connectivity index (χ1) is 29.0. The summed E-state index contributed by atoms with van der Waals surface area (Å²) in [5.74, 6) is -0.592. The van der Waals surface area contributed by atoms with Crippen LogP contribution in [0, 0.1) is 0 Å². The van der Waals surface area contributed by atoms with Crippen LogP contribution in [0.15, 0.2) is 24.3 Å². The van der Waals surface area contributed by atoms with Crippen LogP contribution >= 0.6 is 0 Å². The molecule has 6 heteroatoms. The van der Waals surface area contributed by atoms with E-state index in [9.17, 15) is 25.2 Å². The molecule has 0 saturated carbocycles. The van der Waals surface area contributed by atoms with Crippen LogP contribution < -0.4 is 5.32 Å². The van der Waals surface area contributed by atoms with Crippen LogP contribution in [0.4, 0.5) is 0 Å². The van der Waals surface area contributed by atoms with Crippen LogP contribution in [0.5, 0.6) is 0 Å². The van der Waals surface area contributed by atoms with Gasteiger partial charge in [0, 0.05) is 0 Å². The summed E-state index contributed by atoms with van der Waals surface area (Å²) < 4.78 is 0. The molecule has 0 aliphatic rings. The fraction of sp³-hybridized carbons (Fsp3) is 0.906. The fourth-order valence-electron chi connectivity index (χ4n) is 8.22. The Labute approximate surface area is 367 Å². The van der Waals surface area contributed by atoms with Crippen LogP contribution in [-0.2, 0) is 4.79 Å². The molecule has 0 spiro atoms. The third kappa shape index (κ3) is 41.9. The van der Waals surface area contributed by atoms with Crippen LogP contribution in [0.25, 0.3) is 0 Å². The number of hydrogen-bond acceptors (Lipinski definition) is 5. The van der Waals surface area contributed by atoms with Crippen molar-refractivity contribution in [1.29, 1.82) is 0 Å². The number of amides is 1. The molecule has 0 fully saturated rings. The number of carbonyl (C=O) groups excluding carboxylic acids is 1. The molecular weight excluding hydrogens is 731 g/mol. The Balaban J connectivity index is 3.66. The summed E-state index contributed by atoms with van der Waals surface area (Å²) in [5, 5.41) is 43.8. The smallest absolute Gasteiger partial charge is 0.249 e. The van der Waals surface area contributed by atoms with Gasteiger partial charge in [0.05, 0.1) is 18.8 Å². The summed E-state index contributed by atoms with van der Waals surface area (Å²) in [6, 6.07) is -1.00. The molecule has 1 amide bonds. The van der Waals surface area contributed by atoms with Crippen molar-refractivity contribution in [3.63, 3.8) is 0 Å². The molecule has 4 atom stereocenters. The van der Waals surface area contributed by atoms with E-state index in [1.165, 1.54) is 212 Å². The van der Waals surface area contributed by atoms with Gasteiger partial charge in [-0.1, -0.05) is 237 Å². The molecule has 0 saturated heterocycles. The highest BCUT2D eigenvalue weighted by atomic mass is 16.3. The SMILES string of the molecule is CCCCCCCCCCCCCC/C=C\CCCCCCCCCCCCC(O)C(=O)NC(CO)C(O)C(O)CCC/C=C/CCCCCCCCCCCCCC. The van der Waals surface area contributed by atoms with Gasteiger partial charge in [0.15, 0.2) is 0 Å². The average molecular weight is 834 g/mol. The van der Waals surface area contributed by atoms with Crippen molar-refractivity contribution < 1.29 is 25.2 Å². The Hall–Kier alpha value is -1.21. The Bertz CT molecular complexity index is 893. The van der Waals surface area contributed by atoms with Gasteiger partial charge in [0.25, 0.3) is 0 Å². The maximum Gasteiger partial charge on any atom is 0.249 e. The number of carbonyl (C=O) groups is 1. The van der Waals surface area contributed by atoms with E-state index in [1.807, 2.05) is 0 Å². The second-order valence-electron chi connectivity index (χ2n) is 18.2. The van der Waals surface area contributed by atoms with Crippen molar-refractivity contribution in [3.05, 3.63) is 24.3 Å². The summed E-state index contributed by atoms with van der Waals surface area (Å²) in [6.45, 7) is 4.06. The van der Waals surface area contributed by atoms with Crippen LogP contribution in [0.1, 0.15) is 277 Å². The highest BCUT2D eigenvalue weighted by Gasteiger charge is 2.28. The van der Waals surface area contributed by atoms with Crippen molar-refractivity contribution >= 4 is 5.91 Å². The van der Waals surface area contributed by atoms with E-state index in [2.05, 4.69) is 43.5 Å². The van der Waals surface area contributed by atoms with Gasteiger partial charge in [-0.2, -0.15) is 0 Å². The zero-order valence-electron chi connectivity index (χ0n) is 39.5. The molecule has 0 aromatic heterocycles. The molecule has 6 nitrogen and oxygen atoms in total. The summed E-state index contributed by atoms with van der Waals surface area (Å²) in [5.41, 5.74) is 0. The maximum atomic E-state index is 12.6. The van der Waals surface area contributed by atoms with E-state index in [4.69, 9.17) is 0 Å². The minimum atomic E-state index is -1.28. The predicted octanol–water partition coefficient (Wildman–Crippen LogP) is 14.7. The molecule has 0 aromatic rings. The molecular formula is C53H103NO5. The molecule has 0 aliphatic heterocycles. The molecule has 5 N–H and O–H groups in total. The second-order valence-corrected chi connectivity index (χ2v) is 18.2. The van der Waals surface area contributed by atoms with E-state index in [0.29, 0.717) is 12.8 Å². The molecule has 0 aliphatic carbocycles. The van der Waals surface area contributed by atoms with E-state index in [1.54, 1.807) is 0 Å². The Morgan fingerprint density at radius 1 is 0.407 bits per heavy atom. The van der Waals surface area contributed by atoms with Crippen LogP contribution in [0.2, 0.25) is 0 Å². The lowest BCUT2D eigenvalue weighted by molar-refractivity contribution is -0.132. The molecule has 0 heterocycles. The quantitative estimate of drug-likeness (QED) is 0.0310. The van der Waals surface area contributed by atoms with Crippen LogP contribution in [-0.4, -0.2) is 57.3 Å². The number of nitrogens with one attached hydrogen (secondary N) is 1. The number of aliphatic hydroxyl groups excluding tert-OH is 4. The Morgan fingerprint density at radius 3 is 1.02 bits per heavy atom. The standard InChI is InChI=1S/C53H103NO5/c1-3-5-7-9-11-13-15-17-19-21-22-23-24-25-26-27-28-29-31-33-35-37-39-41-43-45-47-51(57)53(59)54-49(48-55)52(58)50(56)46-44-42-40-38-36-34-32-30-20-18-16-14-12-10-8-6-4-2/h25-26,38,40,49-52,55-58H,3-24,27-37,39,41-48H2,1-2H3,(H,54,59)/b26-25-,40-38+. The highest BCUT2D eigenvalue weighted by molar-refractivity contribution is 5.80. The van der Waals surface area contributed by atoms with Gasteiger partial charge in [-0.3, -0.25) is 4.79 Å². The van der Waals surface area contributed by atoms with Gasteiger partial charge in [-0.25, -0.2) is 0 Å². The summed E-state index contributed by atoms with van der Waals surface area (Å²) in [7, 11) is 0. The molecule has 4 unspecified atom stereocenters. The summed E-state index contributed by atoms with van der Waals surface area (Å²) in [4.78, 5) is 12.6. The largest absolute Gasteiger partial charge is 0.394 e. The van der Waals surface area contributed by atoms with E-state index < -0.39 is 36.9 Å². The lowest BCUT2D eigenvalue weighted by Gasteiger charge is -2.27. The number of allylic oxidation sites excluding steroid dienone is 4. The van der Waals surface area contributed by atoms with Crippen molar-refractivity contribution in [1.82, 2.24) is 5.32 Å². The first-order valence-corrected chi connectivity index (χ1v) is 26.2. The molecule has 0 bridgehead atoms. The average Bonchev–Trinajstić information content (AvgIpc) is 3.24. The monoisotopic (exact) mass is 834 g/mol. The fourth-order valence-corrected chi connectivity index (χ4v) is 8.22. The maximum absolute atomic E-state index is 12.6. The first kappa shape index (κ1) is 57.8. The summed E-state index contributed by atoms with van der Waals surface area (Å²) in [6.07, 6.45) is 56.6. The Morgan fingerprint density at radius 2 is 0.695 bits per heavy atom. The molecule has 0 aromatic carbocycles. The van der Waals surface area contributed by atoms with Gasteiger partial charge in [0.1, 0.15) is 12.2 Å².